The minimum atomic E-state index is 0.342. The van der Waals surface area contributed by atoms with Crippen LogP contribution in [0, 0.1) is 82.9 Å². The molecule has 0 fully saturated rings. The molecule has 0 amide bonds. The van der Waals surface area contributed by atoms with Crippen LogP contribution in [0.5, 0.6) is 0 Å². The molecule has 59 heavy (non-hydrogen) atoms. The fraction of sp³-hybridized carbons (Fsp3) is 1.00. The second-order valence-electron chi connectivity index (χ2n) is 22.5. The summed E-state index contributed by atoms with van der Waals surface area (Å²) in [7, 11) is 0. The van der Waals surface area contributed by atoms with Crippen LogP contribution in [0.2, 0.25) is 0 Å². The Labute approximate surface area is 389 Å². The van der Waals surface area contributed by atoms with Crippen molar-refractivity contribution in [2.75, 3.05) is 37.5 Å². The highest BCUT2D eigenvalue weighted by molar-refractivity contribution is 9.09. The van der Waals surface area contributed by atoms with Gasteiger partial charge in [0.25, 0.3) is 0 Å². The molecule has 0 aromatic heterocycles. The smallest absolute Gasteiger partial charge is 0.149 e. The van der Waals surface area contributed by atoms with E-state index >= 15 is 0 Å². The van der Waals surface area contributed by atoms with Crippen molar-refractivity contribution in [3.8, 4) is 0 Å². The van der Waals surface area contributed by atoms with E-state index in [0.29, 0.717) is 13.6 Å². The Hall–Kier alpha value is 0.840. The molecule has 0 aliphatic carbocycles. The molecular weight excluding hydrogens is 856 g/mol. The Morgan fingerprint density at radius 2 is 0.441 bits per heavy atom. The Morgan fingerprint density at radius 1 is 0.254 bits per heavy atom. The van der Waals surface area contributed by atoms with Crippen molar-refractivity contribution in [1.82, 2.24) is 0 Å². The molecule has 14 unspecified atom stereocenters. The first-order valence-electron chi connectivity index (χ1n) is 25.8. The van der Waals surface area contributed by atoms with Crippen LogP contribution >= 0.6 is 31.9 Å². The van der Waals surface area contributed by atoms with E-state index in [2.05, 4.69) is 129 Å². The zero-order valence-electron chi connectivity index (χ0n) is 42.4. The summed E-state index contributed by atoms with van der Waals surface area (Å²) < 4.78 is 17.2. The summed E-state index contributed by atoms with van der Waals surface area (Å²) in [6.45, 7) is 36.9. The van der Waals surface area contributed by atoms with Gasteiger partial charge in [-0.3, -0.25) is 0 Å². The summed E-state index contributed by atoms with van der Waals surface area (Å²) in [5.41, 5.74) is 0. The van der Waals surface area contributed by atoms with Gasteiger partial charge in [-0.2, -0.15) is 0 Å². The number of halogens is 2. The molecule has 0 rings (SSSR count). The van der Waals surface area contributed by atoms with E-state index in [4.69, 9.17) is 14.2 Å². The Bertz CT molecular complexity index is 833. The van der Waals surface area contributed by atoms with Crippen LogP contribution < -0.4 is 0 Å². The van der Waals surface area contributed by atoms with Crippen molar-refractivity contribution in [2.24, 2.45) is 82.9 Å². The minimum absolute atomic E-state index is 0.342. The topological polar surface area (TPSA) is 27.7 Å². The van der Waals surface area contributed by atoms with Crippen LogP contribution in [0.3, 0.4) is 0 Å². The maximum Gasteiger partial charge on any atom is 0.149 e. The van der Waals surface area contributed by atoms with Gasteiger partial charge in [-0.1, -0.05) is 129 Å². The van der Waals surface area contributed by atoms with Gasteiger partial charge in [0, 0.05) is 23.9 Å². The summed E-state index contributed by atoms with van der Waals surface area (Å²) >= 11 is 7.18. The van der Waals surface area contributed by atoms with E-state index in [0.717, 1.165) is 120 Å². The van der Waals surface area contributed by atoms with E-state index in [1.807, 2.05) is 0 Å². The molecule has 0 aliphatic rings. The predicted octanol–water partition coefficient (Wildman–Crippen LogP) is 18.4. The highest BCUT2D eigenvalue weighted by atomic mass is 79.9. The maximum absolute atomic E-state index is 5.78. The van der Waals surface area contributed by atoms with Gasteiger partial charge < -0.3 is 14.2 Å². The van der Waals surface area contributed by atoms with Gasteiger partial charge in [0.1, 0.15) is 13.6 Å². The molecule has 0 saturated carbocycles. The van der Waals surface area contributed by atoms with Gasteiger partial charge in [0.2, 0.25) is 0 Å². The molecule has 0 aliphatic heterocycles. The van der Waals surface area contributed by atoms with E-state index in [1.165, 1.54) is 116 Å². The first-order chi connectivity index (χ1) is 27.9. The van der Waals surface area contributed by atoms with E-state index in [9.17, 15) is 0 Å². The van der Waals surface area contributed by atoms with E-state index < -0.39 is 0 Å². The lowest BCUT2D eigenvalue weighted by Crippen LogP contribution is -2.14. The Balaban J connectivity index is 3.91. The molecular formula is C54H108Br2O3. The first-order valence-corrected chi connectivity index (χ1v) is 28.0. The molecule has 0 spiro atoms. The van der Waals surface area contributed by atoms with Gasteiger partial charge in [0.05, 0.1) is 0 Å². The SMILES string of the molecule is CC(CCCBr)CC(C)CC(C)CC(C)CC(C)CC(C)CC(C)CCCOCOCOCCCC(C)CC(C)CC(C)CC(C)CC(C)CC(C)CC(C)CCCBr. The third-order valence-corrected chi connectivity index (χ3v) is 14.7. The number of alkyl halides is 2. The highest BCUT2D eigenvalue weighted by Crippen LogP contribution is 2.33. The summed E-state index contributed by atoms with van der Waals surface area (Å²) in [6, 6.07) is 0. The fourth-order valence-corrected chi connectivity index (χ4v) is 12.5. The van der Waals surface area contributed by atoms with Gasteiger partial charge in [-0.15, -0.1) is 0 Å². The van der Waals surface area contributed by atoms with Crippen molar-refractivity contribution >= 4 is 31.9 Å². The van der Waals surface area contributed by atoms with Gasteiger partial charge in [0.15, 0.2) is 0 Å². The third-order valence-electron chi connectivity index (χ3n) is 13.6. The second-order valence-corrected chi connectivity index (χ2v) is 24.1. The van der Waals surface area contributed by atoms with Crippen LogP contribution in [0.4, 0.5) is 0 Å². The maximum atomic E-state index is 5.78. The van der Waals surface area contributed by atoms with Crippen LogP contribution in [0.25, 0.3) is 0 Å². The molecule has 0 bridgehead atoms. The quantitative estimate of drug-likeness (QED) is 0.0347. The molecule has 0 saturated heterocycles. The fourth-order valence-electron chi connectivity index (χ4n) is 11.9. The Kier molecular flexibility index (Phi) is 38.7. The predicted molar refractivity (Wildman–Crippen MR) is 271 cm³/mol. The lowest BCUT2D eigenvalue weighted by molar-refractivity contribution is -0.132. The molecule has 0 radical (unpaired) electrons. The molecule has 0 aromatic carbocycles. The minimum Gasteiger partial charge on any atom is -0.355 e. The number of hydrogen-bond acceptors (Lipinski definition) is 3. The third kappa shape index (κ3) is 37.9. The van der Waals surface area contributed by atoms with Crippen molar-refractivity contribution in [3.63, 3.8) is 0 Å². The molecule has 0 N–H and O–H groups in total. The lowest BCUT2D eigenvalue weighted by atomic mass is 9.80. The zero-order chi connectivity index (χ0) is 44.6. The van der Waals surface area contributed by atoms with Gasteiger partial charge in [-0.05, 0) is 211 Å². The monoisotopic (exact) mass is 963 g/mol. The number of ether oxygens (including phenoxy) is 3. The standard InChI is InChI=1S/C54H108Br2O3/c1-41(19-15-23-55)27-45(5)31-49(9)35-53(13)37-51(11)33-47(7)29-43(3)21-17-25-57-39-59-40-58-26-18-22-44(4)30-48(8)34-52(12)38-54(14)36-50(10)32-46(6)28-42(2)20-16-24-56/h41-54H,15-40H2,1-14H3. The Morgan fingerprint density at radius 3 is 0.644 bits per heavy atom. The molecule has 0 aromatic rings. The zero-order valence-corrected chi connectivity index (χ0v) is 45.6. The van der Waals surface area contributed by atoms with Crippen molar-refractivity contribution in [2.45, 2.75) is 225 Å². The molecule has 14 atom stereocenters. The van der Waals surface area contributed by atoms with Gasteiger partial charge in [-0.25, -0.2) is 0 Å². The molecule has 3 nitrogen and oxygen atoms in total. The van der Waals surface area contributed by atoms with Crippen LogP contribution in [0.15, 0.2) is 0 Å². The van der Waals surface area contributed by atoms with E-state index in [-0.39, 0.29) is 0 Å². The van der Waals surface area contributed by atoms with Crippen molar-refractivity contribution < 1.29 is 14.2 Å². The summed E-state index contributed by atoms with van der Waals surface area (Å²) in [5.74, 6) is 11.5. The van der Waals surface area contributed by atoms with Crippen molar-refractivity contribution in [1.29, 1.82) is 0 Å². The number of hydrogen-bond donors (Lipinski definition) is 0. The molecule has 356 valence electrons. The van der Waals surface area contributed by atoms with Gasteiger partial charge >= 0.3 is 0 Å². The second kappa shape index (κ2) is 38.1. The molecule has 5 heteroatoms. The average Bonchev–Trinajstić information content (AvgIpc) is 3.10. The van der Waals surface area contributed by atoms with E-state index in [1.54, 1.807) is 0 Å². The van der Waals surface area contributed by atoms with Crippen LogP contribution in [0.1, 0.15) is 225 Å². The normalized spacial score (nSPS) is 19.5. The van der Waals surface area contributed by atoms with Crippen LogP contribution in [-0.4, -0.2) is 37.5 Å². The molecule has 0 heterocycles. The van der Waals surface area contributed by atoms with Crippen LogP contribution in [-0.2, 0) is 14.2 Å². The first kappa shape index (κ1) is 59.8. The van der Waals surface area contributed by atoms with Crippen molar-refractivity contribution in [3.05, 3.63) is 0 Å². The lowest BCUT2D eigenvalue weighted by Gasteiger charge is -2.26. The highest BCUT2D eigenvalue weighted by Gasteiger charge is 2.20. The summed E-state index contributed by atoms with van der Waals surface area (Å²) in [4.78, 5) is 0. The summed E-state index contributed by atoms with van der Waals surface area (Å²) in [5, 5.41) is 2.29. The average molecular weight is 965 g/mol. The number of rotatable bonds is 42. The summed E-state index contributed by atoms with van der Waals surface area (Å²) in [6.07, 6.45) is 26.6. The largest absolute Gasteiger partial charge is 0.355 e.